The van der Waals surface area contributed by atoms with Gasteiger partial charge >= 0.3 is 12.1 Å². The fourth-order valence-corrected chi connectivity index (χ4v) is 1.29. The molecule has 0 radical (unpaired) electrons. The Hall–Kier alpha value is -1.58. The van der Waals surface area contributed by atoms with Gasteiger partial charge in [-0.1, -0.05) is 6.07 Å². The van der Waals surface area contributed by atoms with E-state index in [9.17, 15) is 4.79 Å². The van der Waals surface area contributed by atoms with E-state index in [0.717, 1.165) is 5.56 Å². The third-order valence-corrected chi connectivity index (χ3v) is 1.93. The molecule has 0 amide bonds. The van der Waals surface area contributed by atoms with Crippen LogP contribution in [-0.4, -0.2) is 19.2 Å². The van der Waals surface area contributed by atoms with Crippen LogP contribution in [0, 0.1) is 6.92 Å². The summed E-state index contributed by atoms with van der Waals surface area (Å²) in [7, 11) is 1.36. The van der Waals surface area contributed by atoms with Crippen molar-refractivity contribution in [2.75, 3.05) is 7.11 Å². The zero-order valence-electron chi connectivity index (χ0n) is 8.31. The average Bonchev–Trinajstić information content (AvgIpc) is 2.18. The van der Waals surface area contributed by atoms with E-state index in [4.69, 9.17) is 9.59 Å². The fraction of sp³-hybridized carbons (Fsp3) is 0.200. The number of benzene rings is 1. The lowest BCUT2D eigenvalue weighted by atomic mass is 10.1. The van der Waals surface area contributed by atoms with Gasteiger partial charge in [-0.15, -0.1) is 12.6 Å². The summed E-state index contributed by atoms with van der Waals surface area (Å²) in [5, 5.41) is 0. The largest absolute Gasteiger partial charge is 0.465 e. The lowest BCUT2D eigenvalue weighted by Gasteiger charge is -2.02. The summed E-state index contributed by atoms with van der Waals surface area (Å²) in [6.45, 7) is 1.95. The van der Waals surface area contributed by atoms with Gasteiger partial charge in [0.05, 0.1) is 12.7 Å². The van der Waals surface area contributed by atoms with Gasteiger partial charge in [-0.3, -0.25) is 0 Å². The van der Waals surface area contributed by atoms with Crippen molar-refractivity contribution in [2.45, 2.75) is 11.8 Å². The van der Waals surface area contributed by atoms with Gasteiger partial charge in [0.15, 0.2) is 0 Å². The maximum Gasteiger partial charge on any atom is 0.373 e. The summed E-state index contributed by atoms with van der Waals surface area (Å²) in [6, 6.07) is 5.39. The highest BCUT2D eigenvalue weighted by Gasteiger charge is 2.08. The van der Waals surface area contributed by atoms with Crippen LogP contribution in [0.5, 0.6) is 0 Å². The number of hydrogen-bond acceptors (Lipinski definition) is 5. The van der Waals surface area contributed by atoms with Gasteiger partial charge in [-0.05, 0) is 24.6 Å². The second kappa shape index (κ2) is 6.81. The molecule has 0 atom stereocenters. The highest BCUT2D eigenvalue weighted by Crippen LogP contribution is 2.16. The highest BCUT2D eigenvalue weighted by molar-refractivity contribution is 7.80. The van der Waals surface area contributed by atoms with Crippen molar-refractivity contribution in [3.05, 3.63) is 29.3 Å². The molecule has 0 N–H and O–H groups in total. The highest BCUT2D eigenvalue weighted by atomic mass is 32.1. The SMILES string of the molecule is COC(=O)c1ccc(C)cc1S.O=C=O. The van der Waals surface area contributed by atoms with Crippen LogP contribution in [0.1, 0.15) is 15.9 Å². The molecule has 0 aliphatic rings. The van der Waals surface area contributed by atoms with E-state index in [2.05, 4.69) is 17.4 Å². The molecular weight excluding hydrogens is 216 g/mol. The molecule has 15 heavy (non-hydrogen) atoms. The van der Waals surface area contributed by atoms with Crippen LogP contribution < -0.4 is 0 Å². The summed E-state index contributed by atoms with van der Waals surface area (Å²) in [4.78, 5) is 28.0. The monoisotopic (exact) mass is 226 g/mol. The molecule has 0 unspecified atom stereocenters. The third kappa shape index (κ3) is 4.44. The number of esters is 1. The first-order chi connectivity index (χ1) is 7.06. The molecule has 80 valence electrons. The topological polar surface area (TPSA) is 60.4 Å². The summed E-state index contributed by atoms with van der Waals surface area (Å²) >= 11 is 4.16. The zero-order valence-corrected chi connectivity index (χ0v) is 9.21. The van der Waals surface area contributed by atoms with Crippen LogP contribution >= 0.6 is 12.6 Å². The van der Waals surface area contributed by atoms with Gasteiger partial charge in [-0.2, -0.15) is 9.59 Å². The fourth-order valence-electron chi connectivity index (χ4n) is 0.924. The molecule has 0 aromatic heterocycles. The molecule has 0 saturated heterocycles. The minimum absolute atomic E-state index is 0.250. The van der Waals surface area contributed by atoms with Crippen LogP contribution in [0.2, 0.25) is 0 Å². The maximum atomic E-state index is 11.1. The normalized spacial score (nSPS) is 8.20. The Morgan fingerprint density at radius 1 is 1.40 bits per heavy atom. The predicted molar refractivity (Wildman–Crippen MR) is 54.8 cm³/mol. The van der Waals surface area contributed by atoms with Crippen LogP contribution in [0.3, 0.4) is 0 Å². The molecule has 0 fully saturated rings. The molecule has 0 aliphatic carbocycles. The first-order valence-corrected chi connectivity index (χ1v) is 4.38. The molecule has 1 rings (SSSR count). The van der Waals surface area contributed by atoms with Crippen LogP contribution in [0.4, 0.5) is 0 Å². The Balaban J connectivity index is 0.000000583. The average molecular weight is 226 g/mol. The Kier molecular flexibility index (Phi) is 6.09. The minimum Gasteiger partial charge on any atom is -0.465 e. The number of aryl methyl sites for hydroxylation is 1. The molecule has 0 saturated carbocycles. The van der Waals surface area contributed by atoms with Crippen molar-refractivity contribution in [3.63, 3.8) is 0 Å². The molecule has 0 spiro atoms. The number of carbonyl (C=O) groups is 1. The van der Waals surface area contributed by atoms with E-state index in [0.29, 0.717) is 10.5 Å². The van der Waals surface area contributed by atoms with Crippen molar-refractivity contribution >= 4 is 24.7 Å². The standard InChI is InChI=1S/C9H10O2S.CO2/c1-6-3-4-7(8(12)5-6)9(10)11-2;2-1-3/h3-5,12H,1-2H3;. The molecule has 0 heterocycles. The quantitative estimate of drug-likeness (QED) is 0.582. The zero-order chi connectivity index (χ0) is 11.8. The van der Waals surface area contributed by atoms with Gasteiger partial charge in [0.1, 0.15) is 0 Å². The second-order valence-corrected chi connectivity index (χ2v) is 3.08. The Bertz CT molecular complexity index is 381. The van der Waals surface area contributed by atoms with Crippen molar-refractivity contribution in [2.24, 2.45) is 0 Å². The van der Waals surface area contributed by atoms with Gasteiger partial charge < -0.3 is 4.74 Å². The van der Waals surface area contributed by atoms with Crippen molar-refractivity contribution < 1.29 is 19.1 Å². The molecule has 5 heteroatoms. The van der Waals surface area contributed by atoms with E-state index in [1.54, 1.807) is 6.07 Å². The number of hydrogen-bond donors (Lipinski definition) is 1. The molecular formula is C10H10O4S. The van der Waals surface area contributed by atoms with Gasteiger partial charge in [0.25, 0.3) is 0 Å². The lowest BCUT2D eigenvalue weighted by molar-refractivity contribution is -0.191. The predicted octanol–water partition coefficient (Wildman–Crippen LogP) is 1.49. The lowest BCUT2D eigenvalue weighted by Crippen LogP contribution is -2.02. The number of carbonyl (C=O) groups excluding carboxylic acids is 3. The Morgan fingerprint density at radius 3 is 2.33 bits per heavy atom. The van der Waals surface area contributed by atoms with E-state index in [1.165, 1.54) is 7.11 Å². The summed E-state index contributed by atoms with van der Waals surface area (Å²) < 4.78 is 4.57. The van der Waals surface area contributed by atoms with E-state index < -0.39 is 0 Å². The van der Waals surface area contributed by atoms with Crippen molar-refractivity contribution in [3.8, 4) is 0 Å². The van der Waals surface area contributed by atoms with E-state index >= 15 is 0 Å². The summed E-state index contributed by atoms with van der Waals surface area (Å²) in [6.07, 6.45) is 0.250. The van der Waals surface area contributed by atoms with E-state index in [-0.39, 0.29) is 12.1 Å². The minimum atomic E-state index is -0.347. The Morgan fingerprint density at radius 2 is 1.93 bits per heavy atom. The maximum absolute atomic E-state index is 11.1. The number of thiol groups is 1. The van der Waals surface area contributed by atoms with Gasteiger partial charge in [0.2, 0.25) is 0 Å². The first kappa shape index (κ1) is 13.4. The molecule has 4 nitrogen and oxygen atoms in total. The van der Waals surface area contributed by atoms with Crippen LogP contribution in [0.15, 0.2) is 23.1 Å². The first-order valence-electron chi connectivity index (χ1n) is 3.94. The second-order valence-electron chi connectivity index (χ2n) is 2.60. The number of rotatable bonds is 1. The molecule has 0 bridgehead atoms. The van der Waals surface area contributed by atoms with Crippen molar-refractivity contribution in [1.29, 1.82) is 0 Å². The number of ether oxygens (including phenoxy) is 1. The number of methoxy groups -OCH3 is 1. The van der Waals surface area contributed by atoms with E-state index in [1.807, 2.05) is 19.1 Å². The van der Waals surface area contributed by atoms with Crippen LogP contribution in [-0.2, 0) is 14.3 Å². The van der Waals surface area contributed by atoms with Crippen LogP contribution in [0.25, 0.3) is 0 Å². The van der Waals surface area contributed by atoms with Crippen molar-refractivity contribution in [1.82, 2.24) is 0 Å². The molecule has 0 aliphatic heterocycles. The molecule has 1 aromatic carbocycles. The summed E-state index contributed by atoms with van der Waals surface area (Å²) in [5.74, 6) is -0.347. The summed E-state index contributed by atoms with van der Waals surface area (Å²) in [5.41, 5.74) is 1.58. The van der Waals surface area contributed by atoms with Gasteiger partial charge in [0, 0.05) is 4.90 Å². The molecule has 1 aromatic rings. The third-order valence-electron chi connectivity index (χ3n) is 1.56. The van der Waals surface area contributed by atoms with Gasteiger partial charge in [-0.25, -0.2) is 4.79 Å². The smallest absolute Gasteiger partial charge is 0.373 e. The Labute approximate surface area is 92.7 Å².